The molecule has 1 aromatic carbocycles. The first-order chi connectivity index (χ1) is 9.44. The van der Waals surface area contributed by atoms with Crippen LogP contribution in [0.3, 0.4) is 0 Å². The van der Waals surface area contributed by atoms with Crippen molar-refractivity contribution >= 4 is 21.7 Å². The lowest BCUT2D eigenvalue weighted by atomic mass is 10.1. The number of amidine groups is 1. The molecule has 0 radical (unpaired) electrons. The van der Waals surface area contributed by atoms with E-state index in [9.17, 15) is 8.42 Å². The largest absolute Gasteiger partial charge is 0.384 e. The molecule has 1 aliphatic rings. The van der Waals surface area contributed by atoms with Crippen molar-refractivity contribution in [2.24, 2.45) is 5.73 Å². The topological polar surface area (TPSA) is 90.5 Å². The highest BCUT2D eigenvalue weighted by molar-refractivity contribution is 7.90. The van der Waals surface area contributed by atoms with Crippen LogP contribution in [-0.2, 0) is 10.2 Å². The Labute approximate surface area is 119 Å². The summed E-state index contributed by atoms with van der Waals surface area (Å²) in [6.07, 6.45) is 2.85. The van der Waals surface area contributed by atoms with Gasteiger partial charge < -0.3 is 5.73 Å². The Morgan fingerprint density at radius 2 is 1.85 bits per heavy atom. The Hall–Kier alpha value is -1.60. The van der Waals surface area contributed by atoms with E-state index in [2.05, 4.69) is 0 Å². The fourth-order valence-electron chi connectivity index (χ4n) is 2.37. The van der Waals surface area contributed by atoms with Gasteiger partial charge in [0.05, 0.1) is 5.69 Å². The van der Waals surface area contributed by atoms with E-state index in [1.807, 2.05) is 0 Å². The maximum Gasteiger partial charge on any atom is 0.303 e. The van der Waals surface area contributed by atoms with Crippen molar-refractivity contribution in [3.05, 3.63) is 29.8 Å². The first-order valence-electron chi connectivity index (χ1n) is 6.62. The molecule has 0 bridgehead atoms. The van der Waals surface area contributed by atoms with Crippen molar-refractivity contribution in [3.8, 4) is 0 Å². The van der Waals surface area contributed by atoms with Gasteiger partial charge in [-0.1, -0.05) is 18.6 Å². The molecule has 1 aromatic rings. The average molecular weight is 296 g/mol. The number of benzene rings is 1. The van der Waals surface area contributed by atoms with Crippen LogP contribution in [-0.4, -0.2) is 38.7 Å². The SMILES string of the molecule is CN(c1ccccc1C(=N)N)S(=O)(=O)N1CCCCC1. The van der Waals surface area contributed by atoms with E-state index in [-0.39, 0.29) is 5.84 Å². The molecule has 20 heavy (non-hydrogen) atoms. The Morgan fingerprint density at radius 3 is 2.45 bits per heavy atom. The fraction of sp³-hybridized carbons (Fsp3) is 0.462. The molecule has 0 unspecified atom stereocenters. The number of nitrogens with two attached hydrogens (primary N) is 1. The van der Waals surface area contributed by atoms with E-state index in [1.54, 1.807) is 24.3 Å². The number of piperidine rings is 1. The molecule has 3 N–H and O–H groups in total. The van der Waals surface area contributed by atoms with Crippen LogP contribution in [0.25, 0.3) is 0 Å². The number of hydrogen-bond donors (Lipinski definition) is 2. The van der Waals surface area contributed by atoms with Crippen molar-refractivity contribution < 1.29 is 8.42 Å². The highest BCUT2D eigenvalue weighted by Crippen LogP contribution is 2.24. The third-order valence-corrected chi connectivity index (χ3v) is 5.43. The Morgan fingerprint density at radius 1 is 1.25 bits per heavy atom. The monoisotopic (exact) mass is 296 g/mol. The summed E-state index contributed by atoms with van der Waals surface area (Å²) in [6, 6.07) is 6.80. The number of nitrogens with zero attached hydrogens (tertiary/aromatic N) is 2. The van der Waals surface area contributed by atoms with E-state index in [4.69, 9.17) is 11.1 Å². The second-order valence-electron chi connectivity index (χ2n) is 4.87. The summed E-state index contributed by atoms with van der Waals surface area (Å²) in [4.78, 5) is 0. The molecule has 0 spiro atoms. The zero-order valence-electron chi connectivity index (χ0n) is 11.5. The second kappa shape index (κ2) is 5.80. The number of para-hydroxylation sites is 1. The lowest BCUT2D eigenvalue weighted by molar-refractivity contribution is 0.346. The van der Waals surface area contributed by atoms with E-state index in [0.29, 0.717) is 24.3 Å². The first kappa shape index (κ1) is 14.8. The molecular weight excluding hydrogens is 276 g/mol. The van der Waals surface area contributed by atoms with Gasteiger partial charge in [0, 0.05) is 25.7 Å². The molecule has 1 heterocycles. The first-order valence-corrected chi connectivity index (χ1v) is 8.01. The second-order valence-corrected chi connectivity index (χ2v) is 6.83. The van der Waals surface area contributed by atoms with E-state index in [0.717, 1.165) is 19.3 Å². The van der Waals surface area contributed by atoms with Crippen LogP contribution >= 0.6 is 0 Å². The number of anilines is 1. The molecule has 1 aliphatic heterocycles. The van der Waals surface area contributed by atoms with E-state index < -0.39 is 10.2 Å². The van der Waals surface area contributed by atoms with Gasteiger partial charge in [0.25, 0.3) is 0 Å². The smallest absolute Gasteiger partial charge is 0.303 e. The minimum atomic E-state index is -3.56. The van der Waals surface area contributed by atoms with Crippen LogP contribution in [0, 0.1) is 5.41 Å². The van der Waals surface area contributed by atoms with Gasteiger partial charge in [-0.15, -0.1) is 0 Å². The summed E-state index contributed by atoms with van der Waals surface area (Å²) in [5, 5.41) is 7.56. The maximum atomic E-state index is 12.6. The van der Waals surface area contributed by atoms with Crippen LogP contribution in [0.15, 0.2) is 24.3 Å². The van der Waals surface area contributed by atoms with E-state index >= 15 is 0 Å². The summed E-state index contributed by atoms with van der Waals surface area (Å²) < 4.78 is 27.9. The molecule has 0 atom stereocenters. The molecule has 7 heteroatoms. The van der Waals surface area contributed by atoms with Gasteiger partial charge in [-0.25, -0.2) is 0 Å². The molecule has 2 rings (SSSR count). The number of nitrogen functional groups attached to an aromatic ring is 1. The zero-order valence-corrected chi connectivity index (χ0v) is 12.4. The summed E-state index contributed by atoms with van der Waals surface area (Å²) in [7, 11) is -2.05. The summed E-state index contributed by atoms with van der Waals surface area (Å²) in [5.74, 6) is -0.138. The lowest BCUT2D eigenvalue weighted by Gasteiger charge is -2.31. The summed E-state index contributed by atoms with van der Waals surface area (Å²) in [5.41, 5.74) is 6.38. The average Bonchev–Trinajstić information content (AvgIpc) is 2.47. The van der Waals surface area contributed by atoms with Crippen LogP contribution in [0.2, 0.25) is 0 Å². The molecule has 0 aliphatic carbocycles. The van der Waals surface area contributed by atoms with Crippen molar-refractivity contribution in [1.82, 2.24) is 4.31 Å². The quantitative estimate of drug-likeness (QED) is 0.645. The highest BCUT2D eigenvalue weighted by Gasteiger charge is 2.29. The van der Waals surface area contributed by atoms with Gasteiger partial charge >= 0.3 is 10.2 Å². The molecule has 1 fully saturated rings. The number of hydrogen-bond acceptors (Lipinski definition) is 3. The van der Waals surface area contributed by atoms with Crippen molar-refractivity contribution in [3.63, 3.8) is 0 Å². The predicted octanol–water partition coefficient (Wildman–Crippen LogP) is 1.14. The van der Waals surface area contributed by atoms with Crippen molar-refractivity contribution in [2.45, 2.75) is 19.3 Å². The third kappa shape index (κ3) is 2.78. The van der Waals surface area contributed by atoms with Gasteiger partial charge in [0.1, 0.15) is 5.84 Å². The van der Waals surface area contributed by atoms with Crippen molar-refractivity contribution in [1.29, 1.82) is 5.41 Å². The van der Waals surface area contributed by atoms with Gasteiger partial charge in [0.15, 0.2) is 0 Å². The zero-order chi connectivity index (χ0) is 14.8. The lowest BCUT2D eigenvalue weighted by Crippen LogP contribution is -2.45. The molecule has 0 aromatic heterocycles. The molecular formula is C13H20N4O2S. The minimum Gasteiger partial charge on any atom is -0.384 e. The van der Waals surface area contributed by atoms with Crippen LogP contribution in [0.4, 0.5) is 5.69 Å². The fourth-order valence-corrected chi connectivity index (χ4v) is 3.84. The van der Waals surface area contributed by atoms with Gasteiger partial charge in [-0.2, -0.15) is 12.7 Å². The van der Waals surface area contributed by atoms with Gasteiger partial charge in [0.2, 0.25) is 0 Å². The summed E-state index contributed by atoms with van der Waals surface area (Å²) >= 11 is 0. The normalized spacial score (nSPS) is 16.9. The third-order valence-electron chi connectivity index (χ3n) is 3.52. The Balaban J connectivity index is 2.35. The highest BCUT2D eigenvalue weighted by atomic mass is 32.2. The molecule has 0 amide bonds. The van der Waals surface area contributed by atoms with E-state index in [1.165, 1.54) is 15.7 Å². The van der Waals surface area contributed by atoms with Gasteiger partial charge in [-0.3, -0.25) is 9.71 Å². The Kier molecular flexibility index (Phi) is 4.29. The van der Waals surface area contributed by atoms with Crippen LogP contribution < -0.4 is 10.0 Å². The molecule has 1 saturated heterocycles. The number of nitrogens with one attached hydrogen (secondary N) is 1. The molecule has 6 nitrogen and oxygen atoms in total. The van der Waals surface area contributed by atoms with Crippen LogP contribution in [0.5, 0.6) is 0 Å². The van der Waals surface area contributed by atoms with Gasteiger partial charge in [-0.05, 0) is 25.0 Å². The van der Waals surface area contributed by atoms with Crippen molar-refractivity contribution in [2.75, 3.05) is 24.4 Å². The molecule has 110 valence electrons. The molecule has 0 saturated carbocycles. The standard InChI is InChI=1S/C13H20N4O2S/c1-16(12-8-4-3-7-11(12)13(14)15)20(18,19)17-9-5-2-6-10-17/h3-4,7-8H,2,5-6,9-10H2,1H3,(H3,14,15). The van der Waals surface area contributed by atoms with Crippen LogP contribution in [0.1, 0.15) is 24.8 Å². The minimum absolute atomic E-state index is 0.138. The summed E-state index contributed by atoms with van der Waals surface area (Å²) in [6.45, 7) is 1.10. The number of rotatable bonds is 4. The predicted molar refractivity (Wildman–Crippen MR) is 80.2 cm³/mol. The Bertz CT molecular complexity index is 594. The maximum absolute atomic E-state index is 12.6.